The van der Waals surface area contributed by atoms with E-state index < -0.39 is 11.6 Å². The Balaban J connectivity index is 0.000000937. The molecule has 154 valence electrons. The Hall–Kier alpha value is -2.99. The quantitative estimate of drug-likeness (QED) is 0.416. The molecule has 30 heavy (non-hydrogen) atoms. The van der Waals surface area contributed by atoms with Crippen molar-refractivity contribution in [1.82, 2.24) is 9.55 Å². The number of cyclic esters (lactones) is 1. The first-order chi connectivity index (χ1) is 14.6. The standard InChI is InChI=1S/C22H18N2O4.C2H6/c1-12-6-7-22(28-12)16-9-18-19-14(8-13-4-2-3-5-17(13)23-19)10-24(18)20(25)15(16)11-27-21(22)26;1-2/h2-5,8-9,12H,6-7,10-11H2,1H3;1-2H3/t12?,22-;/m0./s1. The van der Waals surface area contributed by atoms with Crippen LogP contribution in [0, 0.1) is 0 Å². The molecule has 1 spiro atoms. The number of fused-ring (bicyclic) bond motifs is 6. The molecule has 3 aromatic rings. The van der Waals surface area contributed by atoms with Crippen LogP contribution in [0.15, 0.2) is 41.2 Å². The van der Waals surface area contributed by atoms with Crippen LogP contribution < -0.4 is 5.56 Å². The third kappa shape index (κ3) is 2.50. The lowest BCUT2D eigenvalue weighted by Gasteiger charge is -2.33. The van der Waals surface area contributed by atoms with Crippen LogP contribution in [0.25, 0.3) is 22.3 Å². The van der Waals surface area contributed by atoms with Crippen molar-refractivity contribution in [2.24, 2.45) is 0 Å². The highest BCUT2D eigenvalue weighted by Gasteiger charge is 2.53. The van der Waals surface area contributed by atoms with Crippen LogP contribution in [0.1, 0.15) is 50.3 Å². The number of carbonyl (C=O) groups excluding carboxylic acids is 1. The van der Waals surface area contributed by atoms with Crippen molar-refractivity contribution in [2.45, 2.75) is 58.5 Å². The van der Waals surface area contributed by atoms with Gasteiger partial charge >= 0.3 is 5.97 Å². The molecule has 0 radical (unpaired) electrons. The molecule has 1 unspecified atom stereocenters. The minimum atomic E-state index is -1.17. The summed E-state index contributed by atoms with van der Waals surface area (Å²) in [5.41, 5.74) is 3.35. The summed E-state index contributed by atoms with van der Waals surface area (Å²) < 4.78 is 13.2. The molecule has 1 fully saturated rings. The summed E-state index contributed by atoms with van der Waals surface area (Å²) in [7, 11) is 0. The number of para-hydroxylation sites is 1. The fraction of sp³-hybridized carbons (Fsp3) is 0.375. The number of ether oxygens (including phenoxy) is 2. The van der Waals surface area contributed by atoms with Crippen LogP contribution >= 0.6 is 0 Å². The van der Waals surface area contributed by atoms with E-state index in [1.807, 2.05) is 51.1 Å². The highest BCUT2D eigenvalue weighted by Crippen LogP contribution is 2.45. The Morgan fingerprint density at radius 1 is 1.17 bits per heavy atom. The molecular formula is C24H24N2O4. The van der Waals surface area contributed by atoms with Gasteiger partial charge in [0, 0.05) is 16.5 Å². The number of hydrogen-bond donors (Lipinski definition) is 0. The second-order valence-corrected chi connectivity index (χ2v) is 7.87. The maximum absolute atomic E-state index is 13.3. The lowest BCUT2D eigenvalue weighted by molar-refractivity contribution is -0.177. The molecule has 5 heterocycles. The predicted molar refractivity (Wildman–Crippen MR) is 113 cm³/mol. The number of esters is 1. The molecule has 2 atom stereocenters. The van der Waals surface area contributed by atoms with Gasteiger partial charge in [-0.05, 0) is 38.0 Å². The van der Waals surface area contributed by atoms with Crippen molar-refractivity contribution in [3.63, 3.8) is 0 Å². The molecule has 2 aromatic heterocycles. The van der Waals surface area contributed by atoms with Gasteiger partial charge in [0.25, 0.3) is 5.56 Å². The molecule has 6 nitrogen and oxygen atoms in total. The smallest absolute Gasteiger partial charge is 0.343 e. The molecule has 0 N–H and O–H groups in total. The van der Waals surface area contributed by atoms with Crippen molar-refractivity contribution in [1.29, 1.82) is 0 Å². The van der Waals surface area contributed by atoms with Gasteiger partial charge in [0.15, 0.2) is 5.60 Å². The number of rotatable bonds is 0. The maximum atomic E-state index is 13.3. The number of nitrogens with zero attached hydrogens (tertiary/aromatic N) is 2. The van der Waals surface area contributed by atoms with Gasteiger partial charge in [-0.15, -0.1) is 0 Å². The summed E-state index contributed by atoms with van der Waals surface area (Å²) in [6.07, 6.45) is 1.23. The molecule has 6 rings (SSSR count). The van der Waals surface area contributed by atoms with Gasteiger partial charge in [0.05, 0.1) is 35.1 Å². The molecule has 1 saturated heterocycles. The molecule has 1 aromatic carbocycles. The first-order valence-electron chi connectivity index (χ1n) is 10.6. The van der Waals surface area contributed by atoms with Crippen LogP contribution in [-0.2, 0) is 33.0 Å². The van der Waals surface area contributed by atoms with Gasteiger partial charge in [-0.3, -0.25) is 4.79 Å². The Morgan fingerprint density at radius 3 is 2.73 bits per heavy atom. The summed E-state index contributed by atoms with van der Waals surface area (Å²) in [4.78, 5) is 30.8. The Labute approximate surface area is 174 Å². The van der Waals surface area contributed by atoms with Crippen molar-refractivity contribution in [3.8, 4) is 11.4 Å². The molecular weight excluding hydrogens is 380 g/mol. The van der Waals surface area contributed by atoms with Gasteiger partial charge < -0.3 is 14.0 Å². The van der Waals surface area contributed by atoms with Crippen LogP contribution in [0.4, 0.5) is 0 Å². The van der Waals surface area contributed by atoms with E-state index in [1.165, 1.54) is 0 Å². The third-order valence-electron chi connectivity index (χ3n) is 6.19. The lowest BCUT2D eigenvalue weighted by Crippen LogP contribution is -2.44. The molecule has 3 aliphatic rings. The molecule has 3 aliphatic heterocycles. The predicted octanol–water partition coefficient (Wildman–Crippen LogP) is 3.90. The molecule has 6 heteroatoms. The monoisotopic (exact) mass is 404 g/mol. The third-order valence-corrected chi connectivity index (χ3v) is 6.19. The second-order valence-electron chi connectivity index (χ2n) is 7.87. The summed E-state index contributed by atoms with van der Waals surface area (Å²) in [6, 6.07) is 11.9. The summed E-state index contributed by atoms with van der Waals surface area (Å²) >= 11 is 0. The average molecular weight is 404 g/mol. The zero-order valence-corrected chi connectivity index (χ0v) is 17.4. The summed E-state index contributed by atoms with van der Waals surface area (Å²) in [5.74, 6) is -0.390. The van der Waals surface area contributed by atoms with Crippen molar-refractivity contribution < 1.29 is 14.3 Å². The van der Waals surface area contributed by atoms with Crippen molar-refractivity contribution >= 4 is 16.9 Å². The zero-order chi connectivity index (χ0) is 21.0. The maximum Gasteiger partial charge on any atom is 0.343 e. The van der Waals surface area contributed by atoms with Gasteiger partial charge in [-0.2, -0.15) is 0 Å². The second kappa shape index (κ2) is 6.77. The van der Waals surface area contributed by atoms with Crippen molar-refractivity contribution in [3.05, 3.63) is 63.4 Å². The number of carbonyl (C=O) groups is 1. The topological polar surface area (TPSA) is 70.4 Å². The van der Waals surface area contributed by atoms with E-state index in [-0.39, 0.29) is 18.3 Å². The molecule has 0 amide bonds. The Kier molecular flexibility index (Phi) is 4.29. The lowest BCUT2D eigenvalue weighted by atomic mass is 9.85. The molecule has 0 aliphatic carbocycles. The van der Waals surface area contributed by atoms with Gasteiger partial charge in [0.1, 0.15) is 6.61 Å². The minimum absolute atomic E-state index is 0.00147. The van der Waals surface area contributed by atoms with Crippen molar-refractivity contribution in [2.75, 3.05) is 0 Å². The fourth-order valence-electron chi connectivity index (χ4n) is 4.80. The first-order valence-corrected chi connectivity index (χ1v) is 10.6. The number of pyridine rings is 2. The van der Waals surface area contributed by atoms with Crippen LogP contribution in [0.5, 0.6) is 0 Å². The van der Waals surface area contributed by atoms with Gasteiger partial charge in [0.2, 0.25) is 0 Å². The fourth-order valence-corrected chi connectivity index (χ4v) is 4.80. The SMILES string of the molecule is CC.CC1CC[C@@]2(O1)C(=O)OCc1c2cc2n(c1=O)Cc1cc3ccccc3nc1-2. The normalized spacial score (nSPS) is 23.4. The molecule has 0 bridgehead atoms. The van der Waals surface area contributed by atoms with Crippen LogP contribution in [0.2, 0.25) is 0 Å². The average Bonchev–Trinajstić information content (AvgIpc) is 3.33. The zero-order valence-electron chi connectivity index (χ0n) is 17.4. The van der Waals surface area contributed by atoms with E-state index in [4.69, 9.17) is 14.5 Å². The summed E-state index contributed by atoms with van der Waals surface area (Å²) in [6.45, 7) is 6.42. The van der Waals surface area contributed by atoms with E-state index in [9.17, 15) is 9.59 Å². The Bertz CT molecular complexity index is 1250. The number of aromatic nitrogens is 2. The Morgan fingerprint density at radius 2 is 1.97 bits per heavy atom. The largest absolute Gasteiger partial charge is 0.458 e. The molecule has 0 saturated carbocycles. The van der Waals surface area contributed by atoms with Crippen LogP contribution in [0.3, 0.4) is 0 Å². The highest BCUT2D eigenvalue weighted by atomic mass is 16.6. The van der Waals surface area contributed by atoms with E-state index in [0.717, 1.165) is 34.3 Å². The minimum Gasteiger partial charge on any atom is -0.458 e. The van der Waals surface area contributed by atoms with E-state index in [2.05, 4.69) is 6.07 Å². The van der Waals surface area contributed by atoms with Crippen LogP contribution in [-0.4, -0.2) is 21.6 Å². The van der Waals surface area contributed by atoms with Gasteiger partial charge in [-0.1, -0.05) is 32.0 Å². The van der Waals surface area contributed by atoms with Gasteiger partial charge in [-0.25, -0.2) is 9.78 Å². The number of benzene rings is 1. The number of hydrogen-bond acceptors (Lipinski definition) is 5. The van der Waals surface area contributed by atoms with E-state index in [0.29, 0.717) is 24.1 Å². The van der Waals surface area contributed by atoms with E-state index in [1.54, 1.807) is 4.57 Å². The van der Waals surface area contributed by atoms with E-state index >= 15 is 0 Å². The summed E-state index contributed by atoms with van der Waals surface area (Å²) in [5, 5.41) is 1.05. The highest BCUT2D eigenvalue weighted by molar-refractivity contribution is 5.86. The first kappa shape index (κ1) is 19.0.